The second-order valence-corrected chi connectivity index (χ2v) is 10.9. The van der Waals surface area contributed by atoms with Crippen LogP contribution in [0.4, 0.5) is 11.4 Å². The molecule has 0 aromatic heterocycles. The predicted octanol–water partition coefficient (Wildman–Crippen LogP) is 5.59. The number of rotatable bonds is 6. The van der Waals surface area contributed by atoms with Crippen LogP contribution in [0.15, 0.2) is 103 Å². The zero-order valence-electron chi connectivity index (χ0n) is 23.0. The molecule has 0 bridgehead atoms. The lowest BCUT2D eigenvalue weighted by Gasteiger charge is -2.38. The van der Waals surface area contributed by atoms with Crippen molar-refractivity contribution in [2.45, 2.75) is 17.5 Å². The minimum Gasteiger partial charge on any atom is -0.497 e. The van der Waals surface area contributed by atoms with Gasteiger partial charge in [-0.15, -0.1) is 0 Å². The normalized spacial score (nSPS) is 22.9. The molecule has 1 N–H and O–H groups in total. The maximum Gasteiger partial charge on any atom is 0.269 e. The fourth-order valence-corrected chi connectivity index (χ4v) is 7.04. The summed E-state index contributed by atoms with van der Waals surface area (Å²) in [4.78, 5) is 56.6. The number of nitrogens with one attached hydrogen (secondary N) is 1. The van der Waals surface area contributed by atoms with Crippen LogP contribution in [0.3, 0.4) is 0 Å². The van der Waals surface area contributed by atoms with E-state index >= 15 is 0 Å². The first kappa shape index (κ1) is 26.3. The highest BCUT2D eigenvalue weighted by Gasteiger charge is 2.70. The molecule has 4 unspecified atom stereocenters. The van der Waals surface area contributed by atoms with Crippen molar-refractivity contribution in [1.29, 1.82) is 0 Å². The summed E-state index contributed by atoms with van der Waals surface area (Å²) >= 11 is 0. The molecule has 3 aliphatic heterocycles. The van der Waals surface area contributed by atoms with Crippen molar-refractivity contribution in [3.63, 3.8) is 0 Å². The number of methoxy groups -OCH3 is 1. The van der Waals surface area contributed by atoms with Gasteiger partial charge in [-0.2, -0.15) is 0 Å². The maximum absolute atomic E-state index is 14.8. The average molecular weight is 572 g/mol. The highest BCUT2D eigenvalue weighted by atomic mass is 16.6. The minimum absolute atomic E-state index is 0.167. The van der Waals surface area contributed by atoms with Crippen molar-refractivity contribution >= 4 is 34.9 Å². The molecule has 212 valence electrons. The largest absolute Gasteiger partial charge is 0.497 e. The Morgan fingerprint density at radius 3 is 2.42 bits per heavy atom. The number of carbonyl (C=O) groups is 3. The Bertz CT molecular complexity index is 1870. The zero-order valence-corrected chi connectivity index (χ0v) is 23.0. The molecule has 4 aromatic rings. The first-order chi connectivity index (χ1) is 20.9. The number of hydrogen-bond donors (Lipinski definition) is 1. The number of carbonyl (C=O) groups excluding carboxylic acids is 3. The van der Waals surface area contributed by atoms with Gasteiger partial charge in [-0.3, -0.25) is 24.5 Å². The van der Waals surface area contributed by atoms with Crippen LogP contribution in [0.2, 0.25) is 0 Å². The number of amides is 1. The lowest BCUT2D eigenvalue weighted by atomic mass is 9.62. The van der Waals surface area contributed by atoms with Gasteiger partial charge in [0, 0.05) is 35.1 Å². The molecule has 1 saturated heterocycles. The molecule has 43 heavy (non-hydrogen) atoms. The van der Waals surface area contributed by atoms with Crippen LogP contribution in [0, 0.1) is 16.0 Å². The SMILES string of the molecule is COc1cccc(C(=O)C2C(C(=O)c3ccc([N+](=O)[O-])cc3)C3(C(=O)Nc4ccccc43)C3c4ccccc4C=CN23)c1. The first-order valence-corrected chi connectivity index (χ1v) is 13.8. The van der Waals surface area contributed by atoms with Gasteiger partial charge in [-0.05, 0) is 53.1 Å². The van der Waals surface area contributed by atoms with E-state index in [4.69, 9.17) is 4.74 Å². The molecular formula is C34H25N3O6. The second-order valence-electron chi connectivity index (χ2n) is 10.9. The van der Waals surface area contributed by atoms with Crippen LogP contribution < -0.4 is 10.1 Å². The highest BCUT2D eigenvalue weighted by Crippen LogP contribution is 2.62. The Balaban J connectivity index is 1.51. The van der Waals surface area contributed by atoms with Crippen molar-refractivity contribution in [3.05, 3.63) is 141 Å². The van der Waals surface area contributed by atoms with Crippen molar-refractivity contribution < 1.29 is 24.0 Å². The number of nitrogens with zero attached hydrogens (tertiary/aromatic N) is 2. The summed E-state index contributed by atoms with van der Waals surface area (Å²) in [5, 5.41) is 14.4. The van der Waals surface area contributed by atoms with Crippen molar-refractivity contribution in [3.8, 4) is 5.75 Å². The van der Waals surface area contributed by atoms with Crippen molar-refractivity contribution in [2.75, 3.05) is 12.4 Å². The molecule has 1 amide bonds. The molecule has 3 heterocycles. The van der Waals surface area contributed by atoms with Gasteiger partial charge >= 0.3 is 0 Å². The molecule has 1 spiro atoms. The minimum atomic E-state index is -1.49. The fraction of sp³-hybridized carbons (Fsp3) is 0.147. The van der Waals surface area contributed by atoms with Gasteiger partial charge in [-0.25, -0.2) is 0 Å². The van der Waals surface area contributed by atoms with E-state index in [1.54, 1.807) is 36.5 Å². The molecule has 4 atom stereocenters. The van der Waals surface area contributed by atoms with Gasteiger partial charge in [-0.1, -0.05) is 54.6 Å². The third-order valence-corrected chi connectivity index (χ3v) is 8.84. The van der Waals surface area contributed by atoms with E-state index in [1.165, 1.54) is 31.4 Å². The molecule has 0 saturated carbocycles. The van der Waals surface area contributed by atoms with E-state index in [0.717, 1.165) is 11.1 Å². The summed E-state index contributed by atoms with van der Waals surface area (Å²) in [6.45, 7) is 0. The number of ketones is 2. The third kappa shape index (κ3) is 3.74. The van der Waals surface area contributed by atoms with E-state index in [2.05, 4.69) is 5.32 Å². The van der Waals surface area contributed by atoms with Crippen LogP contribution >= 0.6 is 0 Å². The average Bonchev–Trinajstić information content (AvgIpc) is 3.52. The summed E-state index contributed by atoms with van der Waals surface area (Å²) in [6, 6.07) is 25.2. The molecule has 9 heteroatoms. The molecule has 3 aliphatic rings. The van der Waals surface area contributed by atoms with Gasteiger partial charge in [0.1, 0.15) is 17.2 Å². The molecule has 0 radical (unpaired) electrons. The molecular weight excluding hydrogens is 546 g/mol. The van der Waals surface area contributed by atoms with E-state index in [0.29, 0.717) is 22.6 Å². The van der Waals surface area contributed by atoms with Crippen molar-refractivity contribution in [1.82, 2.24) is 4.90 Å². The monoisotopic (exact) mass is 571 g/mol. The van der Waals surface area contributed by atoms with E-state index in [1.807, 2.05) is 53.4 Å². The lowest BCUT2D eigenvalue weighted by molar-refractivity contribution is -0.384. The van der Waals surface area contributed by atoms with Crippen molar-refractivity contribution in [2.24, 2.45) is 5.92 Å². The van der Waals surface area contributed by atoms with Gasteiger partial charge < -0.3 is 15.0 Å². The number of anilines is 1. The number of nitro benzene ring substituents is 1. The maximum atomic E-state index is 14.8. The predicted molar refractivity (Wildman–Crippen MR) is 159 cm³/mol. The van der Waals surface area contributed by atoms with Gasteiger partial charge in [0.15, 0.2) is 11.6 Å². The summed E-state index contributed by atoms with van der Waals surface area (Å²) in [7, 11) is 1.51. The van der Waals surface area contributed by atoms with E-state index < -0.39 is 34.1 Å². The number of para-hydroxylation sites is 1. The van der Waals surface area contributed by atoms with Crippen LogP contribution in [0.1, 0.15) is 43.4 Å². The van der Waals surface area contributed by atoms with Gasteiger partial charge in [0.2, 0.25) is 5.91 Å². The number of hydrogen-bond acceptors (Lipinski definition) is 7. The van der Waals surface area contributed by atoms with Gasteiger partial charge in [0.25, 0.3) is 5.69 Å². The molecule has 9 nitrogen and oxygen atoms in total. The van der Waals surface area contributed by atoms with Crippen LogP contribution in [0.5, 0.6) is 5.75 Å². The smallest absolute Gasteiger partial charge is 0.269 e. The molecule has 7 rings (SSSR count). The Hall–Kier alpha value is -5.57. The fourth-order valence-electron chi connectivity index (χ4n) is 7.04. The Morgan fingerprint density at radius 2 is 1.65 bits per heavy atom. The third-order valence-electron chi connectivity index (χ3n) is 8.84. The van der Waals surface area contributed by atoms with Crippen LogP contribution in [-0.2, 0) is 10.2 Å². The quantitative estimate of drug-likeness (QED) is 0.182. The number of fused-ring (bicyclic) bond motifs is 6. The standard InChI is InChI=1S/C34H25N3O6/c1-43-24-9-6-8-22(19-24)31(39)29-28(30(38)21-13-15-23(16-14-21)37(41)42)34(26-11-4-5-12-27(26)35-33(34)40)32-25-10-3-2-7-20(25)17-18-36(29)32/h2-19,28-29,32H,1H3,(H,35,40). The summed E-state index contributed by atoms with van der Waals surface area (Å²) in [5.74, 6) is -1.88. The van der Waals surface area contributed by atoms with Crippen LogP contribution in [-0.4, -0.2) is 40.4 Å². The summed E-state index contributed by atoms with van der Waals surface area (Å²) < 4.78 is 5.39. The summed E-state index contributed by atoms with van der Waals surface area (Å²) in [5.41, 5.74) is 1.76. The molecule has 1 fully saturated rings. The summed E-state index contributed by atoms with van der Waals surface area (Å²) in [6.07, 6.45) is 3.69. The Labute approximate surface area is 246 Å². The number of non-ortho nitro benzene ring substituents is 1. The molecule has 4 aromatic carbocycles. The highest BCUT2D eigenvalue weighted by molar-refractivity contribution is 6.16. The number of benzene rings is 4. The molecule has 0 aliphatic carbocycles. The number of ether oxygens (including phenoxy) is 1. The number of nitro groups is 1. The van der Waals surface area contributed by atoms with Crippen LogP contribution in [0.25, 0.3) is 6.08 Å². The Kier molecular flexibility index (Phi) is 5.98. The topological polar surface area (TPSA) is 119 Å². The Morgan fingerprint density at radius 1 is 0.907 bits per heavy atom. The number of Topliss-reactive ketones (excluding diaryl/α,β-unsaturated/α-hetero) is 2. The van der Waals surface area contributed by atoms with E-state index in [9.17, 15) is 24.5 Å². The van der Waals surface area contributed by atoms with Gasteiger partial charge in [0.05, 0.1) is 24.0 Å². The first-order valence-electron chi connectivity index (χ1n) is 13.8. The zero-order chi connectivity index (χ0) is 29.9. The second kappa shape index (κ2) is 9.77. The lowest BCUT2D eigenvalue weighted by Crippen LogP contribution is -2.49. The van der Waals surface area contributed by atoms with E-state index in [-0.39, 0.29) is 22.9 Å².